The van der Waals surface area contributed by atoms with E-state index in [1.807, 2.05) is 32.0 Å². The highest BCUT2D eigenvalue weighted by atomic mass is 16.5. The Labute approximate surface area is 106 Å². The molecule has 18 heavy (non-hydrogen) atoms. The van der Waals surface area contributed by atoms with E-state index >= 15 is 0 Å². The van der Waals surface area contributed by atoms with E-state index in [0.717, 1.165) is 11.4 Å². The van der Waals surface area contributed by atoms with Crippen molar-refractivity contribution in [3.05, 3.63) is 47.3 Å². The van der Waals surface area contributed by atoms with Gasteiger partial charge in [0.05, 0.1) is 18.4 Å². The molecule has 1 aromatic heterocycles. The number of nitrogens with zero attached hydrogens (tertiary/aromatic N) is 2. The molecule has 0 saturated carbocycles. The highest BCUT2D eigenvalue weighted by Gasteiger charge is 2.13. The zero-order valence-corrected chi connectivity index (χ0v) is 10.8. The molecule has 0 bridgehead atoms. The van der Waals surface area contributed by atoms with Gasteiger partial charge in [0.25, 0.3) is 0 Å². The van der Waals surface area contributed by atoms with Crippen LogP contribution in [0.15, 0.2) is 30.3 Å². The van der Waals surface area contributed by atoms with Gasteiger partial charge in [-0.05, 0) is 32.0 Å². The Hall–Kier alpha value is -2.10. The predicted octanol–water partition coefficient (Wildman–Crippen LogP) is 2.39. The van der Waals surface area contributed by atoms with Crippen LogP contribution in [0.4, 0.5) is 0 Å². The summed E-state index contributed by atoms with van der Waals surface area (Å²) in [6, 6.07) is 9.19. The second-order valence-electron chi connectivity index (χ2n) is 4.21. The SMILES string of the molecule is COc1ccccc1C(=O)Cn1nc(C)cc1C. The van der Waals surface area contributed by atoms with Crippen LogP contribution < -0.4 is 4.74 Å². The van der Waals surface area contributed by atoms with Crippen molar-refractivity contribution in [2.45, 2.75) is 20.4 Å². The van der Waals surface area contributed by atoms with Crippen molar-refractivity contribution < 1.29 is 9.53 Å². The van der Waals surface area contributed by atoms with Gasteiger partial charge >= 0.3 is 0 Å². The van der Waals surface area contributed by atoms with Gasteiger partial charge in [-0.1, -0.05) is 12.1 Å². The molecule has 2 aromatic rings. The van der Waals surface area contributed by atoms with E-state index in [-0.39, 0.29) is 12.3 Å². The van der Waals surface area contributed by atoms with Crippen molar-refractivity contribution in [2.75, 3.05) is 7.11 Å². The molecular weight excluding hydrogens is 228 g/mol. The summed E-state index contributed by atoms with van der Waals surface area (Å²) in [7, 11) is 1.56. The minimum atomic E-state index is -0.00125. The molecule has 0 radical (unpaired) electrons. The molecular formula is C14H16N2O2. The lowest BCUT2D eigenvalue weighted by molar-refractivity contribution is 0.0964. The number of Topliss-reactive ketones (excluding diaryl/α,β-unsaturated/α-hetero) is 1. The van der Waals surface area contributed by atoms with Gasteiger partial charge in [-0.2, -0.15) is 5.10 Å². The van der Waals surface area contributed by atoms with E-state index in [9.17, 15) is 4.79 Å². The maximum atomic E-state index is 12.2. The Morgan fingerprint density at radius 2 is 2.06 bits per heavy atom. The molecule has 0 N–H and O–H groups in total. The van der Waals surface area contributed by atoms with Crippen molar-refractivity contribution in [2.24, 2.45) is 0 Å². The minimum Gasteiger partial charge on any atom is -0.496 e. The number of rotatable bonds is 4. The molecule has 0 aliphatic carbocycles. The average molecular weight is 244 g/mol. The number of hydrogen-bond donors (Lipinski definition) is 0. The third-order valence-electron chi connectivity index (χ3n) is 2.80. The van der Waals surface area contributed by atoms with Gasteiger partial charge in [-0.3, -0.25) is 9.48 Å². The van der Waals surface area contributed by atoms with Gasteiger partial charge in [-0.15, -0.1) is 0 Å². The number of ketones is 1. The van der Waals surface area contributed by atoms with Crippen LogP contribution in [0.2, 0.25) is 0 Å². The summed E-state index contributed by atoms with van der Waals surface area (Å²) in [5, 5.41) is 4.29. The number of ether oxygens (including phenoxy) is 1. The number of methoxy groups -OCH3 is 1. The fourth-order valence-corrected chi connectivity index (χ4v) is 1.93. The first-order chi connectivity index (χ1) is 8.61. The maximum Gasteiger partial charge on any atom is 0.187 e. The van der Waals surface area contributed by atoms with E-state index in [1.54, 1.807) is 23.9 Å². The summed E-state index contributed by atoms with van der Waals surface area (Å²) in [5.74, 6) is 0.600. The zero-order valence-electron chi connectivity index (χ0n) is 10.8. The lowest BCUT2D eigenvalue weighted by Gasteiger charge is -2.08. The molecule has 0 unspecified atom stereocenters. The van der Waals surface area contributed by atoms with Gasteiger partial charge in [0.1, 0.15) is 12.3 Å². The fraction of sp³-hybridized carbons (Fsp3) is 0.286. The van der Waals surface area contributed by atoms with Crippen molar-refractivity contribution in [1.29, 1.82) is 0 Å². The molecule has 0 aliphatic rings. The molecule has 0 spiro atoms. The van der Waals surface area contributed by atoms with Gasteiger partial charge in [0.15, 0.2) is 5.78 Å². The number of aromatic nitrogens is 2. The van der Waals surface area contributed by atoms with E-state index < -0.39 is 0 Å². The van der Waals surface area contributed by atoms with E-state index in [0.29, 0.717) is 11.3 Å². The molecule has 2 rings (SSSR count). The van der Waals surface area contributed by atoms with E-state index in [2.05, 4.69) is 5.10 Å². The lowest BCUT2D eigenvalue weighted by atomic mass is 10.1. The second-order valence-corrected chi connectivity index (χ2v) is 4.21. The maximum absolute atomic E-state index is 12.2. The summed E-state index contributed by atoms with van der Waals surface area (Å²) in [5.41, 5.74) is 2.49. The predicted molar refractivity (Wildman–Crippen MR) is 69.0 cm³/mol. The molecule has 0 amide bonds. The number of hydrogen-bond acceptors (Lipinski definition) is 3. The first-order valence-corrected chi connectivity index (χ1v) is 5.79. The standard InChI is InChI=1S/C14H16N2O2/c1-10-8-11(2)16(15-10)9-13(17)12-6-4-5-7-14(12)18-3/h4-8H,9H2,1-3H3. The van der Waals surface area contributed by atoms with Crippen LogP contribution in [0.3, 0.4) is 0 Å². The highest BCUT2D eigenvalue weighted by molar-refractivity contribution is 5.98. The number of carbonyl (C=O) groups is 1. The average Bonchev–Trinajstić information content (AvgIpc) is 2.67. The van der Waals surface area contributed by atoms with Crippen LogP contribution in [-0.4, -0.2) is 22.7 Å². The van der Waals surface area contributed by atoms with E-state index in [4.69, 9.17) is 4.74 Å². The molecule has 1 heterocycles. The molecule has 4 heteroatoms. The summed E-state index contributed by atoms with van der Waals surface area (Å²) in [6.07, 6.45) is 0. The molecule has 0 aliphatic heterocycles. The first kappa shape index (κ1) is 12.4. The zero-order chi connectivity index (χ0) is 13.1. The third kappa shape index (κ3) is 2.42. The van der Waals surface area contributed by atoms with Gasteiger partial charge in [0.2, 0.25) is 0 Å². The van der Waals surface area contributed by atoms with Crippen molar-refractivity contribution >= 4 is 5.78 Å². The smallest absolute Gasteiger partial charge is 0.187 e. The number of benzene rings is 1. The van der Waals surface area contributed by atoms with Gasteiger partial charge in [0, 0.05) is 5.69 Å². The number of para-hydroxylation sites is 1. The summed E-state index contributed by atoms with van der Waals surface area (Å²) in [6.45, 7) is 4.09. The summed E-state index contributed by atoms with van der Waals surface area (Å²) < 4.78 is 6.90. The highest BCUT2D eigenvalue weighted by Crippen LogP contribution is 2.18. The Balaban J connectivity index is 2.24. The molecule has 0 saturated heterocycles. The van der Waals surface area contributed by atoms with Crippen LogP contribution >= 0.6 is 0 Å². The normalized spacial score (nSPS) is 10.4. The van der Waals surface area contributed by atoms with Gasteiger partial charge in [-0.25, -0.2) is 0 Å². The van der Waals surface area contributed by atoms with Crippen LogP contribution in [0.1, 0.15) is 21.7 Å². The van der Waals surface area contributed by atoms with Crippen LogP contribution in [-0.2, 0) is 6.54 Å². The van der Waals surface area contributed by atoms with Gasteiger partial charge < -0.3 is 4.74 Å². The molecule has 94 valence electrons. The van der Waals surface area contributed by atoms with E-state index in [1.165, 1.54) is 0 Å². The van der Waals surface area contributed by atoms with Crippen LogP contribution in [0.25, 0.3) is 0 Å². The summed E-state index contributed by atoms with van der Waals surface area (Å²) >= 11 is 0. The Morgan fingerprint density at radius 1 is 1.33 bits per heavy atom. The molecule has 0 fully saturated rings. The number of carbonyl (C=O) groups excluding carboxylic acids is 1. The monoisotopic (exact) mass is 244 g/mol. The molecule has 0 atom stereocenters. The molecule has 1 aromatic carbocycles. The second kappa shape index (κ2) is 5.04. The Morgan fingerprint density at radius 3 is 2.67 bits per heavy atom. The largest absolute Gasteiger partial charge is 0.496 e. The first-order valence-electron chi connectivity index (χ1n) is 5.79. The topological polar surface area (TPSA) is 44.1 Å². The Kier molecular flexibility index (Phi) is 3.46. The Bertz CT molecular complexity index is 573. The number of aryl methyl sites for hydroxylation is 2. The van der Waals surface area contributed by atoms with Crippen molar-refractivity contribution in [3.8, 4) is 5.75 Å². The lowest BCUT2D eigenvalue weighted by Crippen LogP contribution is -2.13. The fourth-order valence-electron chi connectivity index (χ4n) is 1.93. The van der Waals surface area contributed by atoms with Crippen molar-refractivity contribution in [1.82, 2.24) is 9.78 Å². The van der Waals surface area contributed by atoms with Crippen LogP contribution in [0, 0.1) is 13.8 Å². The summed E-state index contributed by atoms with van der Waals surface area (Å²) in [4.78, 5) is 12.2. The van der Waals surface area contributed by atoms with Crippen LogP contribution in [0.5, 0.6) is 5.75 Å². The molecule has 4 nitrogen and oxygen atoms in total. The minimum absolute atomic E-state index is 0.00125. The van der Waals surface area contributed by atoms with Crippen molar-refractivity contribution in [3.63, 3.8) is 0 Å². The third-order valence-corrected chi connectivity index (χ3v) is 2.80. The quantitative estimate of drug-likeness (QED) is 0.776.